The Balaban J connectivity index is 2.75. The van der Waals surface area contributed by atoms with E-state index in [1.807, 2.05) is 6.92 Å². The van der Waals surface area contributed by atoms with Crippen molar-refractivity contribution in [2.24, 2.45) is 12.8 Å². The highest BCUT2D eigenvalue weighted by Gasteiger charge is 2.19. The molecule has 1 heterocycles. The van der Waals surface area contributed by atoms with Crippen LogP contribution in [0.15, 0.2) is 6.33 Å². The van der Waals surface area contributed by atoms with Gasteiger partial charge in [-0.05, 0) is 16.3 Å². The minimum absolute atomic E-state index is 0.0143. The van der Waals surface area contributed by atoms with E-state index in [9.17, 15) is 10.1 Å². The molecule has 7 heteroatoms. The maximum Gasteiger partial charge on any atom is 0.406 e. The molecule has 0 radical (unpaired) electrons. The van der Waals surface area contributed by atoms with Crippen molar-refractivity contribution < 1.29 is 4.92 Å². The van der Waals surface area contributed by atoms with E-state index in [-0.39, 0.29) is 11.9 Å². The Morgan fingerprint density at radius 2 is 2.47 bits per heavy atom. The van der Waals surface area contributed by atoms with Crippen molar-refractivity contribution >= 4 is 11.6 Å². The van der Waals surface area contributed by atoms with Gasteiger partial charge in [0.2, 0.25) is 12.1 Å². The molecule has 0 aromatic carbocycles. The monoisotopic (exact) mass is 213 g/mol. The van der Waals surface area contributed by atoms with E-state index in [0.717, 1.165) is 6.42 Å². The van der Waals surface area contributed by atoms with Crippen LogP contribution in [0.2, 0.25) is 0 Å². The SMILES string of the molecule is CCC(N)CNc1c([N+](=O)[O-])ncn1C. The third-order valence-electron chi connectivity index (χ3n) is 2.15. The summed E-state index contributed by atoms with van der Waals surface area (Å²) < 4.78 is 1.57. The van der Waals surface area contributed by atoms with Crippen molar-refractivity contribution in [2.75, 3.05) is 11.9 Å². The first-order valence-corrected chi connectivity index (χ1v) is 4.71. The minimum Gasteiger partial charge on any atom is -0.363 e. The molecule has 0 amide bonds. The van der Waals surface area contributed by atoms with Gasteiger partial charge in [-0.15, -0.1) is 0 Å². The van der Waals surface area contributed by atoms with Crippen molar-refractivity contribution in [2.45, 2.75) is 19.4 Å². The Bertz CT molecular complexity index is 349. The van der Waals surface area contributed by atoms with Crippen molar-refractivity contribution in [3.8, 4) is 0 Å². The van der Waals surface area contributed by atoms with Gasteiger partial charge in [-0.2, -0.15) is 0 Å². The summed E-state index contributed by atoms with van der Waals surface area (Å²) >= 11 is 0. The zero-order chi connectivity index (χ0) is 11.4. The fourth-order valence-electron chi connectivity index (χ4n) is 1.13. The molecule has 1 rings (SSSR count). The summed E-state index contributed by atoms with van der Waals surface area (Å²) in [4.78, 5) is 13.8. The lowest BCUT2D eigenvalue weighted by Gasteiger charge is -2.10. The molecule has 1 aromatic rings. The van der Waals surface area contributed by atoms with Gasteiger partial charge in [0.05, 0.1) is 0 Å². The quantitative estimate of drug-likeness (QED) is 0.547. The molecule has 0 aliphatic carbocycles. The first-order chi connectivity index (χ1) is 7.06. The maximum atomic E-state index is 10.6. The molecule has 0 bridgehead atoms. The molecular weight excluding hydrogens is 198 g/mol. The van der Waals surface area contributed by atoms with E-state index >= 15 is 0 Å². The van der Waals surface area contributed by atoms with Crippen LogP contribution in [0.1, 0.15) is 13.3 Å². The number of nitrogens with two attached hydrogens (primary N) is 1. The van der Waals surface area contributed by atoms with Gasteiger partial charge in [0.1, 0.15) is 0 Å². The smallest absolute Gasteiger partial charge is 0.363 e. The predicted octanol–water partition coefficient (Wildman–Crippen LogP) is 0.477. The van der Waals surface area contributed by atoms with Gasteiger partial charge in [-0.25, -0.2) is 0 Å². The Kier molecular flexibility index (Phi) is 3.62. The first kappa shape index (κ1) is 11.4. The Morgan fingerprint density at radius 1 is 1.80 bits per heavy atom. The van der Waals surface area contributed by atoms with Gasteiger partial charge in [-0.3, -0.25) is 4.57 Å². The second-order valence-corrected chi connectivity index (χ2v) is 3.33. The summed E-state index contributed by atoms with van der Waals surface area (Å²) in [6.45, 7) is 2.46. The average molecular weight is 213 g/mol. The molecule has 15 heavy (non-hydrogen) atoms. The van der Waals surface area contributed by atoms with E-state index in [1.165, 1.54) is 6.33 Å². The Labute approximate surface area is 87.4 Å². The molecule has 0 saturated heterocycles. The summed E-state index contributed by atoms with van der Waals surface area (Å²) in [5.74, 6) is 0.227. The lowest BCUT2D eigenvalue weighted by atomic mass is 10.2. The van der Waals surface area contributed by atoms with E-state index < -0.39 is 4.92 Å². The zero-order valence-corrected chi connectivity index (χ0v) is 8.80. The summed E-state index contributed by atoms with van der Waals surface area (Å²) in [6.07, 6.45) is 2.22. The van der Waals surface area contributed by atoms with Gasteiger partial charge in [-0.1, -0.05) is 6.92 Å². The summed E-state index contributed by atoms with van der Waals surface area (Å²) in [5, 5.41) is 13.5. The van der Waals surface area contributed by atoms with Crippen molar-refractivity contribution in [1.82, 2.24) is 9.55 Å². The van der Waals surface area contributed by atoms with Gasteiger partial charge >= 0.3 is 5.82 Å². The van der Waals surface area contributed by atoms with Crippen LogP contribution in [0.4, 0.5) is 11.6 Å². The van der Waals surface area contributed by atoms with Crippen LogP contribution in [0.5, 0.6) is 0 Å². The molecule has 0 spiro atoms. The summed E-state index contributed by atoms with van der Waals surface area (Å²) in [7, 11) is 1.69. The van der Waals surface area contributed by atoms with Gasteiger partial charge in [0.25, 0.3) is 0 Å². The molecular formula is C8H15N5O2. The van der Waals surface area contributed by atoms with Crippen LogP contribution in [0, 0.1) is 10.1 Å². The maximum absolute atomic E-state index is 10.6. The van der Waals surface area contributed by atoms with E-state index in [1.54, 1.807) is 11.6 Å². The number of anilines is 1. The molecule has 0 fully saturated rings. The molecule has 3 N–H and O–H groups in total. The average Bonchev–Trinajstić information content (AvgIpc) is 2.56. The summed E-state index contributed by atoms with van der Waals surface area (Å²) in [6, 6.07) is -0.0143. The molecule has 84 valence electrons. The van der Waals surface area contributed by atoms with Crippen molar-refractivity contribution in [1.29, 1.82) is 0 Å². The first-order valence-electron chi connectivity index (χ1n) is 4.71. The molecule has 1 atom stereocenters. The Morgan fingerprint density at radius 3 is 3.00 bits per heavy atom. The van der Waals surface area contributed by atoms with Crippen molar-refractivity contribution in [3.05, 3.63) is 16.4 Å². The van der Waals surface area contributed by atoms with E-state index in [0.29, 0.717) is 12.4 Å². The Hall–Kier alpha value is -1.63. The number of rotatable bonds is 5. The van der Waals surface area contributed by atoms with Crippen LogP contribution in [0.3, 0.4) is 0 Å². The van der Waals surface area contributed by atoms with Crippen LogP contribution in [-0.4, -0.2) is 27.1 Å². The number of imidazole rings is 1. The normalized spacial score (nSPS) is 12.5. The third-order valence-corrected chi connectivity index (χ3v) is 2.15. The minimum atomic E-state index is -0.514. The topological polar surface area (TPSA) is 99.0 Å². The van der Waals surface area contributed by atoms with Gasteiger partial charge < -0.3 is 21.2 Å². The number of hydrogen-bond donors (Lipinski definition) is 2. The van der Waals surface area contributed by atoms with E-state index in [2.05, 4.69) is 10.3 Å². The second-order valence-electron chi connectivity index (χ2n) is 3.33. The standard InChI is InChI=1S/C8H15N5O2/c1-3-6(9)4-10-7-8(13(14)15)11-5-12(7)2/h5-6,10H,3-4,9H2,1-2H3. The third kappa shape index (κ3) is 2.66. The van der Waals surface area contributed by atoms with Gasteiger partial charge in [0.15, 0.2) is 0 Å². The molecule has 1 aromatic heterocycles. The fourth-order valence-corrected chi connectivity index (χ4v) is 1.13. The highest BCUT2D eigenvalue weighted by atomic mass is 16.6. The fraction of sp³-hybridized carbons (Fsp3) is 0.625. The van der Waals surface area contributed by atoms with Crippen LogP contribution < -0.4 is 11.1 Å². The largest absolute Gasteiger partial charge is 0.406 e. The highest BCUT2D eigenvalue weighted by molar-refractivity contribution is 5.52. The number of nitro groups is 1. The molecule has 0 aliphatic rings. The van der Waals surface area contributed by atoms with Crippen LogP contribution in [-0.2, 0) is 7.05 Å². The van der Waals surface area contributed by atoms with E-state index in [4.69, 9.17) is 5.73 Å². The number of hydrogen-bond acceptors (Lipinski definition) is 5. The van der Waals surface area contributed by atoms with Crippen LogP contribution in [0.25, 0.3) is 0 Å². The van der Waals surface area contributed by atoms with Gasteiger partial charge in [0, 0.05) is 19.6 Å². The number of nitrogens with zero attached hydrogens (tertiary/aromatic N) is 3. The highest BCUT2D eigenvalue weighted by Crippen LogP contribution is 2.20. The molecule has 0 aliphatic heterocycles. The molecule has 0 saturated carbocycles. The van der Waals surface area contributed by atoms with Crippen molar-refractivity contribution in [3.63, 3.8) is 0 Å². The predicted molar refractivity (Wildman–Crippen MR) is 56.6 cm³/mol. The molecule has 1 unspecified atom stereocenters. The zero-order valence-electron chi connectivity index (χ0n) is 8.80. The lowest BCUT2D eigenvalue weighted by molar-refractivity contribution is -0.388. The lowest BCUT2D eigenvalue weighted by Crippen LogP contribution is -2.28. The number of nitrogens with one attached hydrogen (secondary N) is 1. The van der Waals surface area contributed by atoms with Crippen LogP contribution >= 0.6 is 0 Å². The second kappa shape index (κ2) is 4.74. The summed E-state index contributed by atoms with van der Waals surface area (Å²) in [5.41, 5.74) is 5.70. The number of aryl methyl sites for hydroxylation is 1. The number of aromatic nitrogens is 2. The molecule has 7 nitrogen and oxygen atoms in total.